The van der Waals surface area contributed by atoms with Crippen LogP contribution in [0.25, 0.3) is 11.1 Å². The summed E-state index contributed by atoms with van der Waals surface area (Å²) in [4.78, 5) is 17.9. The molecule has 3 rings (SSSR count). The van der Waals surface area contributed by atoms with Gasteiger partial charge in [-0.2, -0.15) is 0 Å². The molecular formula is C19H22ClN3O3. The molecule has 2 heterocycles. The lowest BCUT2D eigenvalue weighted by Gasteiger charge is -2.34. The summed E-state index contributed by atoms with van der Waals surface area (Å²) < 4.78 is 10.7. The molecule has 1 saturated heterocycles. The van der Waals surface area contributed by atoms with E-state index in [1.54, 1.807) is 26.6 Å². The van der Waals surface area contributed by atoms with Crippen LogP contribution in [0, 0.1) is 5.92 Å². The fourth-order valence-corrected chi connectivity index (χ4v) is 3.63. The number of piperidine rings is 1. The van der Waals surface area contributed by atoms with E-state index in [4.69, 9.17) is 26.8 Å². The van der Waals surface area contributed by atoms with Crippen LogP contribution in [0.15, 0.2) is 30.6 Å². The van der Waals surface area contributed by atoms with Gasteiger partial charge in [0.1, 0.15) is 0 Å². The molecule has 0 saturated carbocycles. The predicted molar refractivity (Wildman–Crippen MR) is 102 cm³/mol. The number of pyridine rings is 1. The average molecular weight is 376 g/mol. The largest absolute Gasteiger partial charge is 0.493 e. The number of benzene rings is 1. The van der Waals surface area contributed by atoms with Gasteiger partial charge in [-0.15, -0.1) is 0 Å². The molecular weight excluding hydrogens is 354 g/mol. The minimum atomic E-state index is -0.231. The van der Waals surface area contributed by atoms with Crippen LogP contribution in [0.5, 0.6) is 11.5 Å². The summed E-state index contributed by atoms with van der Waals surface area (Å²) in [5.74, 6) is 1.00. The van der Waals surface area contributed by atoms with Crippen molar-refractivity contribution < 1.29 is 14.3 Å². The number of halogens is 1. The minimum Gasteiger partial charge on any atom is -0.493 e. The summed E-state index contributed by atoms with van der Waals surface area (Å²) in [6.45, 7) is 1.44. The Morgan fingerprint density at radius 2 is 1.88 bits per heavy atom. The number of ether oxygens (including phenoxy) is 2. The third-order valence-corrected chi connectivity index (χ3v) is 5.06. The van der Waals surface area contributed by atoms with Gasteiger partial charge in [0.2, 0.25) is 5.91 Å². The first kappa shape index (κ1) is 18.3. The smallest absolute Gasteiger partial charge is 0.220 e. The number of anilines is 1. The Kier molecular flexibility index (Phi) is 5.52. The minimum absolute atomic E-state index is 0.0728. The van der Waals surface area contributed by atoms with Crippen LogP contribution in [-0.2, 0) is 4.79 Å². The number of nitrogens with two attached hydrogens (primary N) is 1. The van der Waals surface area contributed by atoms with Crippen molar-refractivity contribution in [3.63, 3.8) is 0 Å². The number of methoxy groups -OCH3 is 2. The Morgan fingerprint density at radius 3 is 2.50 bits per heavy atom. The second-order valence-electron chi connectivity index (χ2n) is 6.25. The van der Waals surface area contributed by atoms with Crippen molar-refractivity contribution in [3.8, 4) is 22.6 Å². The summed E-state index contributed by atoms with van der Waals surface area (Å²) in [6, 6.07) is 5.72. The van der Waals surface area contributed by atoms with E-state index in [1.807, 2.05) is 18.2 Å². The highest BCUT2D eigenvalue weighted by Crippen LogP contribution is 2.40. The number of primary amides is 1. The van der Waals surface area contributed by atoms with E-state index in [0.29, 0.717) is 16.5 Å². The molecule has 6 nitrogen and oxygen atoms in total. The number of rotatable bonds is 5. The zero-order chi connectivity index (χ0) is 18.7. The second-order valence-corrected chi connectivity index (χ2v) is 6.66. The fourth-order valence-electron chi connectivity index (χ4n) is 3.35. The van der Waals surface area contributed by atoms with Crippen LogP contribution in [-0.4, -0.2) is 38.2 Å². The van der Waals surface area contributed by atoms with Crippen LogP contribution < -0.4 is 20.1 Å². The molecule has 0 spiro atoms. The molecule has 26 heavy (non-hydrogen) atoms. The Bertz CT molecular complexity index is 805. The lowest BCUT2D eigenvalue weighted by Crippen LogP contribution is -2.38. The summed E-state index contributed by atoms with van der Waals surface area (Å²) in [6.07, 6.45) is 4.88. The van der Waals surface area contributed by atoms with Gasteiger partial charge >= 0.3 is 0 Å². The van der Waals surface area contributed by atoms with Crippen molar-refractivity contribution in [1.29, 1.82) is 0 Å². The lowest BCUT2D eigenvalue weighted by molar-refractivity contribution is -0.122. The summed E-state index contributed by atoms with van der Waals surface area (Å²) >= 11 is 6.49. The maximum Gasteiger partial charge on any atom is 0.220 e. The highest BCUT2D eigenvalue weighted by Gasteiger charge is 2.26. The first-order valence-corrected chi connectivity index (χ1v) is 8.83. The van der Waals surface area contributed by atoms with E-state index < -0.39 is 0 Å². The summed E-state index contributed by atoms with van der Waals surface area (Å²) in [5, 5.41) is 0.579. The highest BCUT2D eigenvalue weighted by atomic mass is 35.5. The van der Waals surface area contributed by atoms with Gasteiger partial charge in [0.05, 0.1) is 24.9 Å². The van der Waals surface area contributed by atoms with Crippen LogP contribution >= 0.6 is 11.6 Å². The molecule has 0 bridgehead atoms. The maximum atomic E-state index is 11.4. The second kappa shape index (κ2) is 7.83. The van der Waals surface area contributed by atoms with Crippen molar-refractivity contribution in [2.75, 3.05) is 32.2 Å². The Balaban J connectivity index is 1.97. The van der Waals surface area contributed by atoms with Crippen LogP contribution in [0.1, 0.15) is 12.8 Å². The van der Waals surface area contributed by atoms with E-state index in [0.717, 1.165) is 42.7 Å². The molecule has 1 aliphatic rings. The highest BCUT2D eigenvalue weighted by molar-refractivity contribution is 6.33. The Hall–Kier alpha value is -2.47. The van der Waals surface area contributed by atoms with E-state index in [2.05, 4.69) is 9.88 Å². The number of hydrogen-bond acceptors (Lipinski definition) is 5. The third-order valence-electron chi connectivity index (χ3n) is 4.78. The number of carbonyl (C=O) groups excluding carboxylic acids is 1. The maximum absolute atomic E-state index is 11.4. The van der Waals surface area contributed by atoms with Gasteiger partial charge in [0, 0.05) is 37.0 Å². The molecule has 1 aliphatic heterocycles. The summed E-state index contributed by atoms with van der Waals surface area (Å²) in [5.41, 5.74) is 8.20. The monoisotopic (exact) mass is 375 g/mol. The molecule has 2 aromatic rings. The van der Waals surface area contributed by atoms with Gasteiger partial charge in [0.15, 0.2) is 11.5 Å². The number of hydrogen-bond donors (Lipinski definition) is 1. The van der Waals surface area contributed by atoms with Gasteiger partial charge in [0.25, 0.3) is 0 Å². The third kappa shape index (κ3) is 3.55. The number of carbonyl (C=O) groups is 1. The first-order chi connectivity index (χ1) is 12.5. The Labute approximate surface area is 157 Å². The van der Waals surface area contributed by atoms with Crippen LogP contribution in [0.4, 0.5) is 5.69 Å². The van der Waals surface area contributed by atoms with Crippen LogP contribution in [0.2, 0.25) is 5.02 Å². The van der Waals surface area contributed by atoms with Crippen molar-refractivity contribution in [3.05, 3.63) is 35.6 Å². The van der Waals surface area contributed by atoms with E-state index >= 15 is 0 Å². The van der Waals surface area contributed by atoms with Crippen LogP contribution in [0.3, 0.4) is 0 Å². The van der Waals surface area contributed by atoms with Crippen molar-refractivity contribution in [2.24, 2.45) is 11.7 Å². The number of aromatic nitrogens is 1. The number of nitrogens with zero attached hydrogens (tertiary/aromatic N) is 2. The molecule has 0 radical (unpaired) electrons. The number of amides is 1. The fraction of sp³-hybridized carbons (Fsp3) is 0.368. The summed E-state index contributed by atoms with van der Waals surface area (Å²) in [7, 11) is 3.21. The van der Waals surface area contributed by atoms with Crippen molar-refractivity contribution in [2.45, 2.75) is 12.8 Å². The topological polar surface area (TPSA) is 77.7 Å². The van der Waals surface area contributed by atoms with Gasteiger partial charge in [-0.25, -0.2) is 0 Å². The van der Waals surface area contributed by atoms with Gasteiger partial charge < -0.3 is 20.1 Å². The standard InChI is InChI=1S/C19H22ClN3O3/c1-25-16-4-3-13(9-17(16)26-2)14-10-22-11-15(20)18(14)23-7-5-12(6-8-23)19(21)24/h3-4,9-12H,5-8H2,1-2H3,(H2,21,24). The molecule has 0 aliphatic carbocycles. The SMILES string of the molecule is COc1ccc(-c2cncc(Cl)c2N2CCC(C(N)=O)CC2)cc1OC. The normalized spacial score (nSPS) is 15.0. The van der Waals surface area contributed by atoms with E-state index in [1.165, 1.54) is 0 Å². The molecule has 1 aromatic heterocycles. The van der Waals surface area contributed by atoms with Gasteiger partial charge in [-0.05, 0) is 30.5 Å². The first-order valence-electron chi connectivity index (χ1n) is 8.45. The quantitative estimate of drug-likeness (QED) is 0.868. The molecule has 1 amide bonds. The molecule has 1 fully saturated rings. The predicted octanol–water partition coefficient (Wildman–Crippen LogP) is 3.12. The molecule has 0 unspecified atom stereocenters. The van der Waals surface area contributed by atoms with Crippen molar-refractivity contribution in [1.82, 2.24) is 4.98 Å². The average Bonchev–Trinajstić information content (AvgIpc) is 2.67. The molecule has 0 atom stereocenters. The zero-order valence-corrected chi connectivity index (χ0v) is 15.6. The van der Waals surface area contributed by atoms with E-state index in [-0.39, 0.29) is 11.8 Å². The molecule has 1 aromatic carbocycles. The lowest BCUT2D eigenvalue weighted by atomic mass is 9.95. The molecule has 2 N–H and O–H groups in total. The van der Waals surface area contributed by atoms with Gasteiger partial charge in [-0.1, -0.05) is 17.7 Å². The zero-order valence-electron chi connectivity index (χ0n) is 14.9. The van der Waals surface area contributed by atoms with E-state index in [9.17, 15) is 4.79 Å². The van der Waals surface area contributed by atoms with Crippen molar-refractivity contribution >= 4 is 23.2 Å². The van der Waals surface area contributed by atoms with Gasteiger partial charge in [-0.3, -0.25) is 9.78 Å². The molecule has 7 heteroatoms. The Morgan fingerprint density at radius 1 is 1.19 bits per heavy atom. The molecule has 138 valence electrons.